The molecule has 1 aliphatic rings. The maximum atomic E-state index is 11.3. The number of hydrogen-bond acceptors (Lipinski definition) is 4. The molecule has 0 spiro atoms. The molecule has 1 N–H and O–H groups in total. The number of hydrogen-bond donors (Lipinski definition) is 1. The SMILES string of the molecule is CC1CCCC(CN(C)C)C1(O)c1ccc(C#N)s1. The zero-order chi connectivity index (χ0) is 14.0. The van der Waals surface area contributed by atoms with Crippen molar-refractivity contribution >= 4 is 11.3 Å². The Morgan fingerprint density at radius 1 is 1.47 bits per heavy atom. The highest BCUT2D eigenvalue weighted by Gasteiger charge is 2.46. The van der Waals surface area contributed by atoms with Crippen molar-refractivity contribution in [2.45, 2.75) is 31.8 Å². The van der Waals surface area contributed by atoms with E-state index in [2.05, 4.69) is 32.0 Å². The summed E-state index contributed by atoms with van der Waals surface area (Å²) in [6.07, 6.45) is 3.29. The molecule has 0 radical (unpaired) electrons. The third-order valence-corrected chi connectivity index (χ3v) is 5.39. The van der Waals surface area contributed by atoms with Crippen molar-refractivity contribution in [3.05, 3.63) is 21.9 Å². The molecule has 1 saturated carbocycles. The summed E-state index contributed by atoms with van der Waals surface area (Å²) in [5.74, 6) is 0.493. The number of nitrogens with zero attached hydrogens (tertiary/aromatic N) is 2. The highest BCUT2D eigenvalue weighted by atomic mass is 32.1. The molecule has 0 aromatic carbocycles. The lowest BCUT2D eigenvalue weighted by Crippen LogP contribution is -2.47. The summed E-state index contributed by atoms with van der Waals surface area (Å²) in [6, 6.07) is 5.93. The van der Waals surface area contributed by atoms with Gasteiger partial charge < -0.3 is 10.0 Å². The summed E-state index contributed by atoms with van der Waals surface area (Å²) in [4.78, 5) is 3.79. The fourth-order valence-electron chi connectivity index (χ4n) is 3.24. The van der Waals surface area contributed by atoms with E-state index in [0.717, 1.165) is 24.3 Å². The van der Waals surface area contributed by atoms with E-state index in [0.29, 0.717) is 4.88 Å². The molecule has 1 fully saturated rings. The second-order valence-electron chi connectivity index (χ2n) is 5.89. The van der Waals surface area contributed by atoms with E-state index in [1.54, 1.807) is 0 Å². The Kier molecular flexibility index (Phi) is 4.29. The summed E-state index contributed by atoms with van der Waals surface area (Å²) in [5.41, 5.74) is -0.776. The lowest BCUT2D eigenvalue weighted by molar-refractivity contribution is -0.0987. The molecule has 19 heavy (non-hydrogen) atoms. The van der Waals surface area contributed by atoms with Crippen LogP contribution < -0.4 is 0 Å². The van der Waals surface area contributed by atoms with Gasteiger partial charge in [-0.15, -0.1) is 11.3 Å². The fourth-order valence-corrected chi connectivity index (χ4v) is 4.33. The molecule has 1 aromatic heterocycles. The molecule has 1 heterocycles. The fraction of sp³-hybridized carbons (Fsp3) is 0.667. The van der Waals surface area contributed by atoms with Crippen LogP contribution in [0.1, 0.15) is 35.9 Å². The number of rotatable bonds is 3. The van der Waals surface area contributed by atoms with Gasteiger partial charge in [-0.3, -0.25) is 0 Å². The van der Waals surface area contributed by atoms with Crippen LogP contribution in [0.4, 0.5) is 0 Å². The van der Waals surface area contributed by atoms with E-state index in [1.807, 2.05) is 12.1 Å². The quantitative estimate of drug-likeness (QED) is 0.925. The van der Waals surface area contributed by atoms with Gasteiger partial charge in [-0.1, -0.05) is 13.3 Å². The monoisotopic (exact) mass is 278 g/mol. The van der Waals surface area contributed by atoms with Crippen molar-refractivity contribution in [2.75, 3.05) is 20.6 Å². The lowest BCUT2D eigenvalue weighted by Gasteiger charge is -2.45. The molecule has 3 unspecified atom stereocenters. The van der Waals surface area contributed by atoms with Gasteiger partial charge in [0.05, 0.1) is 0 Å². The Labute approximate surface area is 119 Å². The Balaban J connectivity index is 2.35. The van der Waals surface area contributed by atoms with Gasteiger partial charge in [-0.05, 0) is 45.0 Å². The zero-order valence-electron chi connectivity index (χ0n) is 11.9. The van der Waals surface area contributed by atoms with Gasteiger partial charge in [0.1, 0.15) is 16.5 Å². The van der Waals surface area contributed by atoms with Crippen LogP contribution in [0.5, 0.6) is 0 Å². The van der Waals surface area contributed by atoms with Crippen LogP contribution in [-0.2, 0) is 5.60 Å². The first kappa shape index (κ1) is 14.5. The van der Waals surface area contributed by atoms with Gasteiger partial charge in [-0.25, -0.2) is 0 Å². The second kappa shape index (κ2) is 5.62. The highest BCUT2D eigenvalue weighted by molar-refractivity contribution is 7.12. The van der Waals surface area contributed by atoms with Gasteiger partial charge in [0.25, 0.3) is 0 Å². The maximum absolute atomic E-state index is 11.3. The van der Waals surface area contributed by atoms with E-state index in [1.165, 1.54) is 17.8 Å². The number of thiophene rings is 1. The molecule has 3 atom stereocenters. The molecule has 104 valence electrons. The average Bonchev–Trinajstić information content (AvgIpc) is 2.83. The van der Waals surface area contributed by atoms with Gasteiger partial charge >= 0.3 is 0 Å². The molecule has 0 bridgehead atoms. The number of nitriles is 1. The van der Waals surface area contributed by atoms with Gasteiger partial charge in [0, 0.05) is 17.3 Å². The first-order valence-corrected chi connectivity index (χ1v) is 7.67. The van der Waals surface area contributed by atoms with Crippen molar-refractivity contribution < 1.29 is 5.11 Å². The van der Waals surface area contributed by atoms with Crippen molar-refractivity contribution in [3.63, 3.8) is 0 Å². The first-order chi connectivity index (χ1) is 8.98. The molecule has 1 aliphatic carbocycles. The summed E-state index contributed by atoms with van der Waals surface area (Å²) in [7, 11) is 4.10. The molecule has 0 aliphatic heterocycles. The van der Waals surface area contributed by atoms with Crippen LogP contribution in [-0.4, -0.2) is 30.6 Å². The predicted molar refractivity (Wildman–Crippen MR) is 78.0 cm³/mol. The third-order valence-electron chi connectivity index (χ3n) is 4.26. The Bertz CT molecular complexity index is 477. The van der Waals surface area contributed by atoms with Crippen LogP contribution in [0.15, 0.2) is 12.1 Å². The Morgan fingerprint density at radius 2 is 2.21 bits per heavy atom. The Morgan fingerprint density at radius 3 is 2.79 bits per heavy atom. The van der Waals surface area contributed by atoms with Crippen LogP contribution in [0, 0.1) is 23.2 Å². The standard InChI is InChI=1S/C15H22N2OS/c1-11-5-4-6-12(10-17(2)3)15(11,18)14-8-7-13(9-16)19-14/h7-8,11-12,18H,4-6,10H2,1-3H3. The van der Waals surface area contributed by atoms with Gasteiger partial charge in [-0.2, -0.15) is 5.26 Å². The minimum absolute atomic E-state index is 0.247. The molecule has 4 heteroatoms. The molecule has 3 nitrogen and oxygen atoms in total. The van der Waals surface area contributed by atoms with Crippen LogP contribution >= 0.6 is 11.3 Å². The van der Waals surface area contributed by atoms with Crippen LogP contribution in [0.2, 0.25) is 0 Å². The normalized spacial score (nSPS) is 31.4. The van der Waals surface area contributed by atoms with E-state index < -0.39 is 5.60 Å². The average molecular weight is 278 g/mol. The lowest BCUT2D eigenvalue weighted by atomic mass is 9.68. The summed E-state index contributed by atoms with van der Waals surface area (Å²) >= 11 is 1.44. The van der Waals surface area contributed by atoms with Crippen molar-refractivity contribution in [3.8, 4) is 6.07 Å². The van der Waals surface area contributed by atoms with Crippen LogP contribution in [0.3, 0.4) is 0 Å². The van der Waals surface area contributed by atoms with Crippen molar-refractivity contribution in [2.24, 2.45) is 11.8 Å². The molecular formula is C15H22N2OS. The minimum atomic E-state index is -0.776. The summed E-state index contributed by atoms with van der Waals surface area (Å²) in [6.45, 7) is 3.02. The Hall–Kier alpha value is -0.890. The zero-order valence-corrected chi connectivity index (χ0v) is 12.7. The summed E-state index contributed by atoms with van der Waals surface area (Å²) in [5, 5.41) is 20.3. The third kappa shape index (κ3) is 2.69. The van der Waals surface area contributed by atoms with Crippen molar-refractivity contribution in [1.82, 2.24) is 4.90 Å². The maximum Gasteiger partial charge on any atom is 0.110 e. The molecular weight excluding hydrogens is 256 g/mol. The van der Waals surface area contributed by atoms with E-state index in [4.69, 9.17) is 5.26 Å². The van der Waals surface area contributed by atoms with Crippen molar-refractivity contribution in [1.29, 1.82) is 5.26 Å². The molecule has 1 aromatic rings. The van der Waals surface area contributed by atoms with E-state index in [9.17, 15) is 5.11 Å². The van der Waals surface area contributed by atoms with Gasteiger partial charge in [0.15, 0.2) is 0 Å². The van der Waals surface area contributed by atoms with E-state index in [-0.39, 0.29) is 11.8 Å². The second-order valence-corrected chi connectivity index (χ2v) is 6.98. The topological polar surface area (TPSA) is 47.3 Å². The summed E-state index contributed by atoms with van der Waals surface area (Å²) < 4.78 is 0. The largest absolute Gasteiger partial charge is 0.384 e. The van der Waals surface area contributed by atoms with E-state index >= 15 is 0 Å². The van der Waals surface area contributed by atoms with Gasteiger partial charge in [0.2, 0.25) is 0 Å². The minimum Gasteiger partial charge on any atom is -0.384 e. The van der Waals surface area contributed by atoms with Crippen LogP contribution in [0.25, 0.3) is 0 Å². The smallest absolute Gasteiger partial charge is 0.110 e. The molecule has 0 saturated heterocycles. The number of aliphatic hydroxyl groups is 1. The highest BCUT2D eigenvalue weighted by Crippen LogP contribution is 2.47. The molecule has 2 rings (SSSR count). The predicted octanol–water partition coefficient (Wildman–Crippen LogP) is 2.81. The molecule has 0 amide bonds. The first-order valence-electron chi connectivity index (χ1n) is 6.86.